The van der Waals surface area contributed by atoms with E-state index in [9.17, 15) is 14.4 Å². The normalized spacial score (nSPS) is 10.1. The van der Waals surface area contributed by atoms with Crippen LogP contribution in [0.2, 0.25) is 0 Å². The highest BCUT2D eigenvalue weighted by Gasteiger charge is 2.10. The fourth-order valence-corrected chi connectivity index (χ4v) is 2.39. The molecule has 142 valence electrons. The molecule has 6 nitrogen and oxygen atoms in total. The first-order chi connectivity index (χ1) is 13.0. The van der Waals surface area contributed by atoms with Crippen molar-refractivity contribution in [2.75, 3.05) is 17.2 Å². The van der Waals surface area contributed by atoms with Gasteiger partial charge < -0.3 is 15.4 Å². The summed E-state index contributed by atoms with van der Waals surface area (Å²) in [6.45, 7) is 4.10. The van der Waals surface area contributed by atoms with Crippen LogP contribution in [0.3, 0.4) is 0 Å². The van der Waals surface area contributed by atoms with E-state index in [1.807, 2.05) is 6.92 Å². The first-order valence-corrected chi connectivity index (χ1v) is 8.91. The molecule has 2 N–H and O–H groups in total. The molecule has 2 aromatic carbocycles. The molecule has 0 spiro atoms. The molecular weight excluding hydrogens is 344 g/mol. The van der Waals surface area contributed by atoms with Gasteiger partial charge in [0.15, 0.2) is 5.78 Å². The molecule has 0 aliphatic heterocycles. The van der Waals surface area contributed by atoms with Crippen LogP contribution in [0.1, 0.15) is 43.5 Å². The van der Waals surface area contributed by atoms with Crippen LogP contribution in [0.15, 0.2) is 48.5 Å². The number of hydrogen-bond acceptors (Lipinski definition) is 4. The number of nitrogens with one attached hydrogen (secondary N) is 2. The maximum Gasteiger partial charge on any atom is 0.224 e. The lowest BCUT2D eigenvalue weighted by Gasteiger charge is -2.07. The molecule has 27 heavy (non-hydrogen) atoms. The van der Waals surface area contributed by atoms with Crippen LogP contribution in [0.25, 0.3) is 0 Å². The fraction of sp³-hybridized carbons (Fsp3) is 0.286. The molecule has 0 fully saturated rings. The summed E-state index contributed by atoms with van der Waals surface area (Å²) >= 11 is 0. The maximum absolute atomic E-state index is 12.2. The number of amides is 2. The zero-order valence-corrected chi connectivity index (χ0v) is 15.6. The molecule has 0 aliphatic rings. The molecule has 0 aromatic heterocycles. The summed E-state index contributed by atoms with van der Waals surface area (Å²) in [4.78, 5) is 35.2. The second-order valence-electron chi connectivity index (χ2n) is 6.10. The van der Waals surface area contributed by atoms with E-state index in [1.165, 1.54) is 6.92 Å². The zero-order chi connectivity index (χ0) is 19.6. The second kappa shape index (κ2) is 10.1. The van der Waals surface area contributed by atoms with Gasteiger partial charge in [-0.2, -0.15) is 0 Å². The first-order valence-electron chi connectivity index (χ1n) is 8.91. The Kier molecular flexibility index (Phi) is 7.55. The molecular formula is C21H24N2O4. The molecule has 0 saturated carbocycles. The van der Waals surface area contributed by atoms with Crippen LogP contribution in [-0.2, 0) is 9.59 Å². The van der Waals surface area contributed by atoms with Crippen LogP contribution < -0.4 is 15.4 Å². The van der Waals surface area contributed by atoms with Crippen LogP contribution >= 0.6 is 0 Å². The summed E-state index contributed by atoms with van der Waals surface area (Å²) < 4.78 is 5.49. The number of Topliss-reactive ketones (excluding diaryl/α,β-unsaturated/α-hetero) is 1. The lowest BCUT2D eigenvalue weighted by atomic mass is 10.1. The van der Waals surface area contributed by atoms with Gasteiger partial charge >= 0.3 is 0 Å². The van der Waals surface area contributed by atoms with E-state index in [0.717, 1.165) is 12.2 Å². The molecule has 0 bridgehead atoms. The summed E-state index contributed by atoms with van der Waals surface area (Å²) in [5, 5.41) is 5.39. The minimum absolute atomic E-state index is 0.0896. The van der Waals surface area contributed by atoms with E-state index in [1.54, 1.807) is 48.5 Å². The van der Waals surface area contributed by atoms with Crippen molar-refractivity contribution in [3.63, 3.8) is 0 Å². The monoisotopic (exact) mass is 368 g/mol. The molecule has 0 unspecified atom stereocenters. The zero-order valence-electron chi connectivity index (χ0n) is 15.6. The van der Waals surface area contributed by atoms with E-state index in [0.29, 0.717) is 23.5 Å². The van der Waals surface area contributed by atoms with E-state index in [-0.39, 0.29) is 30.4 Å². The Morgan fingerprint density at radius 2 is 1.44 bits per heavy atom. The molecule has 0 aliphatic carbocycles. The number of carbonyl (C=O) groups is 3. The van der Waals surface area contributed by atoms with Gasteiger partial charge in [-0.3, -0.25) is 14.4 Å². The third kappa shape index (κ3) is 6.93. The first kappa shape index (κ1) is 20.2. The Bertz CT molecular complexity index is 783. The highest BCUT2D eigenvalue weighted by molar-refractivity contribution is 6.00. The molecule has 0 heterocycles. The highest BCUT2D eigenvalue weighted by Crippen LogP contribution is 2.16. The summed E-state index contributed by atoms with van der Waals surface area (Å²) in [6.07, 6.45) is 1.15. The van der Waals surface area contributed by atoms with Gasteiger partial charge in [-0.1, -0.05) is 6.92 Å². The third-order valence-corrected chi connectivity index (χ3v) is 3.72. The fourth-order valence-electron chi connectivity index (χ4n) is 2.39. The van der Waals surface area contributed by atoms with Gasteiger partial charge in [-0.15, -0.1) is 0 Å². The molecule has 2 amide bonds. The van der Waals surface area contributed by atoms with Gasteiger partial charge in [0.1, 0.15) is 5.75 Å². The van der Waals surface area contributed by atoms with Gasteiger partial charge in [0.05, 0.1) is 6.61 Å². The van der Waals surface area contributed by atoms with Crippen molar-refractivity contribution < 1.29 is 19.1 Å². The molecule has 0 saturated heterocycles. The number of ether oxygens (including phenoxy) is 1. The Morgan fingerprint density at radius 3 is 2.00 bits per heavy atom. The SMILES string of the molecule is CCCOc1ccc(C(=O)CCC(=O)Nc2ccc(NC(C)=O)cc2)cc1. The van der Waals surface area contributed by atoms with Crippen molar-refractivity contribution in [3.8, 4) is 5.75 Å². The van der Waals surface area contributed by atoms with E-state index < -0.39 is 0 Å². The number of benzene rings is 2. The van der Waals surface area contributed by atoms with Crippen LogP contribution in [0, 0.1) is 0 Å². The van der Waals surface area contributed by atoms with E-state index >= 15 is 0 Å². The predicted octanol–water partition coefficient (Wildman–Crippen LogP) is 4.04. The van der Waals surface area contributed by atoms with E-state index in [2.05, 4.69) is 10.6 Å². The molecule has 2 rings (SSSR count). The van der Waals surface area contributed by atoms with Gasteiger partial charge in [-0.05, 0) is 55.0 Å². The molecule has 0 radical (unpaired) electrons. The summed E-state index contributed by atoms with van der Waals surface area (Å²) in [6, 6.07) is 13.7. The number of hydrogen-bond donors (Lipinski definition) is 2. The van der Waals surface area contributed by atoms with Crippen LogP contribution in [0.4, 0.5) is 11.4 Å². The van der Waals surface area contributed by atoms with E-state index in [4.69, 9.17) is 4.74 Å². The standard InChI is InChI=1S/C21H24N2O4/c1-3-14-27-19-10-4-16(5-11-19)20(25)12-13-21(26)23-18-8-6-17(7-9-18)22-15(2)24/h4-11H,3,12-14H2,1-2H3,(H,22,24)(H,23,26). The summed E-state index contributed by atoms with van der Waals surface area (Å²) in [7, 11) is 0. The average molecular weight is 368 g/mol. The molecule has 2 aromatic rings. The lowest BCUT2D eigenvalue weighted by molar-refractivity contribution is -0.116. The largest absolute Gasteiger partial charge is 0.494 e. The van der Waals surface area contributed by atoms with Gasteiger partial charge in [0.25, 0.3) is 0 Å². The van der Waals surface area contributed by atoms with Crippen molar-refractivity contribution in [1.29, 1.82) is 0 Å². The lowest BCUT2D eigenvalue weighted by Crippen LogP contribution is -2.13. The second-order valence-corrected chi connectivity index (χ2v) is 6.10. The number of anilines is 2. The summed E-state index contributed by atoms with van der Waals surface area (Å²) in [5.41, 5.74) is 1.83. The quantitative estimate of drug-likeness (QED) is 0.654. The van der Waals surface area contributed by atoms with Crippen molar-refractivity contribution in [3.05, 3.63) is 54.1 Å². The average Bonchev–Trinajstić information content (AvgIpc) is 2.66. The topological polar surface area (TPSA) is 84.5 Å². The Hall–Kier alpha value is -3.15. The number of rotatable bonds is 9. The van der Waals surface area contributed by atoms with Crippen molar-refractivity contribution in [2.45, 2.75) is 33.1 Å². The minimum Gasteiger partial charge on any atom is -0.494 e. The number of ketones is 1. The molecule has 6 heteroatoms. The molecule has 0 atom stereocenters. The Morgan fingerprint density at radius 1 is 0.852 bits per heavy atom. The van der Waals surface area contributed by atoms with Crippen molar-refractivity contribution in [2.24, 2.45) is 0 Å². The predicted molar refractivity (Wildman–Crippen MR) is 105 cm³/mol. The Labute approximate surface area is 158 Å². The smallest absolute Gasteiger partial charge is 0.224 e. The van der Waals surface area contributed by atoms with Gasteiger partial charge in [0.2, 0.25) is 11.8 Å². The van der Waals surface area contributed by atoms with Crippen LogP contribution in [0.5, 0.6) is 5.75 Å². The summed E-state index contributed by atoms with van der Waals surface area (Å²) in [5.74, 6) is 0.246. The number of carbonyl (C=O) groups excluding carboxylic acids is 3. The third-order valence-electron chi connectivity index (χ3n) is 3.72. The Balaban J connectivity index is 1.80. The van der Waals surface area contributed by atoms with Crippen LogP contribution in [-0.4, -0.2) is 24.2 Å². The van der Waals surface area contributed by atoms with Crippen molar-refractivity contribution in [1.82, 2.24) is 0 Å². The van der Waals surface area contributed by atoms with Gasteiger partial charge in [-0.25, -0.2) is 0 Å². The highest BCUT2D eigenvalue weighted by atomic mass is 16.5. The minimum atomic E-state index is -0.237. The van der Waals surface area contributed by atoms with Crippen molar-refractivity contribution >= 4 is 29.0 Å². The van der Waals surface area contributed by atoms with Gasteiger partial charge in [0, 0.05) is 36.7 Å². The maximum atomic E-state index is 12.2.